The number of thiophene rings is 1. The second kappa shape index (κ2) is 8.54. The summed E-state index contributed by atoms with van der Waals surface area (Å²) in [4.78, 5) is 37.0. The molecule has 3 amide bonds. The fraction of sp³-hybridized carbons (Fsp3) is 0.316. The van der Waals surface area contributed by atoms with Crippen LogP contribution in [0, 0.1) is 0 Å². The molecule has 1 aromatic heterocycles. The van der Waals surface area contributed by atoms with Crippen LogP contribution in [0.25, 0.3) is 0 Å². The van der Waals surface area contributed by atoms with Crippen LogP contribution in [-0.4, -0.2) is 31.1 Å². The minimum absolute atomic E-state index is 0.416. The van der Waals surface area contributed by atoms with Crippen molar-refractivity contribution in [3.63, 3.8) is 0 Å². The summed E-state index contributed by atoms with van der Waals surface area (Å²) in [6.45, 7) is -0.0778. The van der Waals surface area contributed by atoms with Crippen LogP contribution in [0.4, 0.5) is 4.79 Å². The van der Waals surface area contributed by atoms with Crippen molar-refractivity contribution >= 4 is 40.8 Å². The number of hydrogen-bond acceptors (Lipinski definition) is 5. The summed E-state index contributed by atoms with van der Waals surface area (Å²) in [6.07, 6.45) is 2.02. The topological polar surface area (TPSA) is 84.5 Å². The third kappa shape index (κ3) is 5.08. The van der Waals surface area contributed by atoms with Gasteiger partial charge in [0.15, 0.2) is 6.61 Å². The van der Waals surface area contributed by atoms with Gasteiger partial charge in [-0.25, -0.2) is 4.79 Å². The predicted octanol–water partition coefficient (Wildman–Crippen LogP) is 3.04. The Bertz CT molecular complexity index is 817. The van der Waals surface area contributed by atoms with Gasteiger partial charge in [0, 0.05) is 16.4 Å². The SMILES string of the molecule is O=C(COC(=O)C1(c2ccc(Cl)cc2)CC1)NC(=O)NCCc1cccs1. The molecule has 1 fully saturated rings. The lowest BCUT2D eigenvalue weighted by Gasteiger charge is -2.15. The maximum absolute atomic E-state index is 12.4. The predicted molar refractivity (Wildman–Crippen MR) is 103 cm³/mol. The summed E-state index contributed by atoms with van der Waals surface area (Å²) in [7, 11) is 0. The fourth-order valence-electron chi connectivity index (χ4n) is 2.73. The quantitative estimate of drug-likeness (QED) is 0.692. The van der Waals surface area contributed by atoms with Crippen LogP contribution in [0.15, 0.2) is 41.8 Å². The Morgan fingerprint density at radius 2 is 1.89 bits per heavy atom. The maximum Gasteiger partial charge on any atom is 0.321 e. The Morgan fingerprint density at radius 1 is 1.15 bits per heavy atom. The Kier molecular flexibility index (Phi) is 6.13. The average Bonchev–Trinajstić information content (AvgIpc) is 3.30. The van der Waals surface area contributed by atoms with Crippen LogP contribution in [0.1, 0.15) is 23.3 Å². The summed E-state index contributed by atoms with van der Waals surface area (Å²) in [5, 5.41) is 7.30. The van der Waals surface area contributed by atoms with Crippen LogP contribution in [0.5, 0.6) is 0 Å². The summed E-state index contributed by atoms with van der Waals surface area (Å²) < 4.78 is 5.12. The van der Waals surface area contributed by atoms with E-state index in [2.05, 4.69) is 10.6 Å². The largest absolute Gasteiger partial charge is 0.455 e. The first-order chi connectivity index (χ1) is 13.0. The van der Waals surface area contributed by atoms with Gasteiger partial charge in [-0.05, 0) is 48.4 Å². The highest BCUT2D eigenvalue weighted by molar-refractivity contribution is 7.09. The molecule has 1 heterocycles. The van der Waals surface area contributed by atoms with Gasteiger partial charge in [0.25, 0.3) is 5.91 Å². The third-order valence-corrected chi connectivity index (χ3v) is 5.55. The van der Waals surface area contributed by atoms with Crippen LogP contribution >= 0.6 is 22.9 Å². The number of amides is 3. The van der Waals surface area contributed by atoms with E-state index in [0.29, 0.717) is 30.8 Å². The summed E-state index contributed by atoms with van der Waals surface area (Å²) in [5.41, 5.74) is 0.122. The van der Waals surface area contributed by atoms with Gasteiger partial charge in [-0.15, -0.1) is 11.3 Å². The number of ether oxygens (including phenoxy) is 1. The smallest absolute Gasteiger partial charge is 0.321 e. The van der Waals surface area contributed by atoms with E-state index in [1.54, 1.807) is 35.6 Å². The molecule has 27 heavy (non-hydrogen) atoms. The van der Waals surface area contributed by atoms with Crippen LogP contribution in [0.3, 0.4) is 0 Å². The van der Waals surface area contributed by atoms with E-state index in [1.165, 1.54) is 0 Å². The minimum Gasteiger partial charge on any atom is -0.455 e. The summed E-state index contributed by atoms with van der Waals surface area (Å²) in [6, 6.07) is 10.3. The first-order valence-corrected chi connectivity index (χ1v) is 9.79. The highest BCUT2D eigenvalue weighted by Crippen LogP contribution is 2.49. The molecule has 2 aromatic rings. The number of rotatable bonds is 7. The second-order valence-electron chi connectivity index (χ2n) is 6.30. The summed E-state index contributed by atoms with van der Waals surface area (Å²) >= 11 is 7.48. The molecule has 0 radical (unpaired) electrons. The van der Waals surface area contributed by atoms with Crippen molar-refractivity contribution in [2.24, 2.45) is 0 Å². The molecule has 3 rings (SSSR count). The monoisotopic (exact) mass is 406 g/mol. The van der Waals surface area contributed by atoms with Crippen molar-refractivity contribution in [3.8, 4) is 0 Å². The first kappa shape index (κ1) is 19.4. The molecule has 0 unspecified atom stereocenters. The van der Waals surface area contributed by atoms with Crippen molar-refractivity contribution in [1.29, 1.82) is 0 Å². The van der Waals surface area contributed by atoms with Gasteiger partial charge >= 0.3 is 12.0 Å². The van der Waals surface area contributed by atoms with E-state index in [1.807, 2.05) is 17.5 Å². The van der Waals surface area contributed by atoms with Crippen LogP contribution in [0.2, 0.25) is 5.02 Å². The van der Waals surface area contributed by atoms with Crippen molar-refractivity contribution in [1.82, 2.24) is 10.6 Å². The standard InChI is InChI=1S/C19H19ClN2O4S/c20-14-5-3-13(4-6-14)19(8-9-19)17(24)26-12-16(23)22-18(25)21-10-7-15-2-1-11-27-15/h1-6,11H,7-10,12H2,(H2,21,22,23,25). The number of urea groups is 1. The van der Waals surface area contributed by atoms with Gasteiger partial charge in [-0.1, -0.05) is 29.8 Å². The molecule has 2 N–H and O–H groups in total. The van der Waals surface area contributed by atoms with Crippen LogP contribution < -0.4 is 10.6 Å². The number of carbonyl (C=O) groups is 3. The van der Waals surface area contributed by atoms with Gasteiger partial charge < -0.3 is 10.1 Å². The molecular weight excluding hydrogens is 388 g/mol. The second-order valence-corrected chi connectivity index (χ2v) is 7.77. The van der Waals surface area contributed by atoms with Gasteiger partial charge in [0.05, 0.1) is 5.41 Å². The summed E-state index contributed by atoms with van der Waals surface area (Å²) in [5.74, 6) is -1.12. The molecule has 1 aliphatic rings. The molecule has 1 aliphatic carbocycles. The van der Waals surface area contributed by atoms with E-state index in [4.69, 9.17) is 16.3 Å². The average molecular weight is 407 g/mol. The van der Waals surface area contributed by atoms with Gasteiger partial charge in [-0.3, -0.25) is 14.9 Å². The van der Waals surface area contributed by atoms with Crippen molar-refractivity contribution < 1.29 is 19.1 Å². The molecule has 0 bridgehead atoms. The lowest BCUT2D eigenvalue weighted by Crippen LogP contribution is -2.42. The van der Waals surface area contributed by atoms with Crippen LogP contribution in [-0.2, 0) is 26.2 Å². The molecule has 1 aromatic carbocycles. The molecule has 1 saturated carbocycles. The van der Waals surface area contributed by atoms with E-state index >= 15 is 0 Å². The number of hydrogen-bond donors (Lipinski definition) is 2. The molecule has 0 atom stereocenters. The van der Waals surface area contributed by atoms with Crippen molar-refractivity contribution in [2.45, 2.75) is 24.7 Å². The Balaban J connectivity index is 1.40. The van der Waals surface area contributed by atoms with Crippen molar-refractivity contribution in [2.75, 3.05) is 13.2 Å². The Hall–Kier alpha value is -2.38. The lowest BCUT2D eigenvalue weighted by atomic mass is 9.96. The number of carbonyl (C=O) groups excluding carboxylic acids is 3. The molecule has 8 heteroatoms. The lowest BCUT2D eigenvalue weighted by molar-refractivity contribution is -0.150. The highest BCUT2D eigenvalue weighted by Gasteiger charge is 2.52. The normalized spacial score (nSPS) is 14.3. The van der Waals surface area contributed by atoms with Gasteiger partial charge in [0.2, 0.25) is 0 Å². The molecular formula is C19H19ClN2O4S. The highest BCUT2D eigenvalue weighted by atomic mass is 35.5. The van der Waals surface area contributed by atoms with E-state index in [0.717, 1.165) is 10.4 Å². The number of nitrogens with one attached hydrogen (secondary N) is 2. The first-order valence-electron chi connectivity index (χ1n) is 8.53. The van der Waals surface area contributed by atoms with Crippen molar-refractivity contribution in [3.05, 3.63) is 57.2 Å². The van der Waals surface area contributed by atoms with E-state index in [9.17, 15) is 14.4 Å². The maximum atomic E-state index is 12.4. The number of benzene rings is 1. The zero-order valence-electron chi connectivity index (χ0n) is 14.5. The minimum atomic E-state index is -0.701. The molecule has 142 valence electrons. The zero-order valence-corrected chi connectivity index (χ0v) is 16.1. The third-order valence-electron chi connectivity index (χ3n) is 4.36. The van der Waals surface area contributed by atoms with Gasteiger partial charge in [0.1, 0.15) is 0 Å². The molecule has 0 spiro atoms. The zero-order chi connectivity index (χ0) is 19.3. The number of imide groups is 1. The Labute approximate surface area is 165 Å². The molecule has 0 aliphatic heterocycles. The number of esters is 1. The number of halogens is 1. The Morgan fingerprint density at radius 3 is 2.52 bits per heavy atom. The molecule has 0 saturated heterocycles. The van der Waals surface area contributed by atoms with Gasteiger partial charge in [-0.2, -0.15) is 0 Å². The van der Waals surface area contributed by atoms with E-state index in [-0.39, 0.29) is 0 Å². The van der Waals surface area contributed by atoms with E-state index < -0.39 is 29.9 Å². The fourth-order valence-corrected chi connectivity index (χ4v) is 3.57. The molecule has 6 nitrogen and oxygen atoms in total.